The molecule has 6 atom stereocenters. The van der Waals surface area contributed by atoms with E-state index in [0.717, 1.165) is 0 Å². The molecular formula is C32H59N5O8. The van der Waals surface area contributed by atoms with Gasteiger partial charge in [-0.1, -0.05) is 61.3 Å². The summed E-state index contributed by atoms with van der Waals surface area (Å²) in [7, 11) is 0. The van der Waals surface area contributed by atoms with Crippen molar-refractivity contribution in [1.82, 2.24) is 26.6 Å². The van der Waals surface area contributed by atoms with Gasteiger partial charge in [-0.25, -0.2) is 0 Å². The fourth-order valence-corrected chi connectivity index (χ4v) is 4.86. The highest BCUT2D eigenvalue weighted by Gasteiger charge is 2.32. The fraction of sp³-hybridized carbons (Fsp3) is 0.812. The molecule has 7 N–H and O–H groups in total. The van der Waals surface area contributed by atoms with Crippen molar-refractivity contribution in [3.63, 3.8) is 0 Å². The van der Waals surface area contributed by atoms with Gasteiger partial charge in [-0.15, -0.1) is 0 Å². The number of carbonyl (C=O) groups is 6. The monoisotopic (exact) mass is 641 g/mol. The Morgan fingerprint density at radius 2 is 1.31 bits per heavy atom. The quantitative estimate of drug-likeness (QED) is 0.0877. The van der Waals surface area contributed by atoms with Crippen LogP contribution in [0.1, 0.15) is 113 Å². The first-order valence-corrected chi connectivity index (χ1v) is 16.4. The number of carboxylic acid groups (broad SMARTS) is 1. The summed E-state index contributed by atoms with van der Waals surface area (Å²) in [5.41, 5.74) is 0. The lowest BCUT2D eigenvalue weighted by Crippen LogP contribution is -2.57. The molecular weight excluding hydrogens is 582 g/mol. The van der Waals surface area contributed by atoms with Gasteiger partial charge in [0.2, 0.25) is 29.5 Å². The molecule has 0 radical (unpaired) electrons. The minimum Gasteiger partial charge on any atom is -0.481 e. The first kappa shape index (κ1) is 41.8. The van der Waals surface area contributed by atoms with Crippen LogP contribution in [-0.4, -0.2) is 82.5 Å². The Kier molecular flexibility index (Phi) is 20.7. The zero-order chi connectivity index (χ0) is 34.7. The summed E-state index contributed by atoms with van der Waals surface area (Å²) >= 11 is 0. The maximum atomic E-state index is 13.5. The molecule has 0 spiro atoms. The topological polar surface area (TPSA) is 203 Å². The Labute approximate surface area is 268 Å². The molecule has 5 amide bonds. The van der Waals surface area contributed by atoms with Gasteiger partial charge >= 0.3 is 5.97 Å². The number of amides is 5. The van der Waals surface area contributed by atoms with Crippen LogP contribution in [0.4, 0.5) is 0 Å². The Hall–Kier alpha value is -3.22. The van der Waals surface area contributed by atoms with E-state index in [1.54, 1.807) is 13.8 Å². The van der Waals surface area contributed by atoms with Gasteiger partial charge in [0.15, 0.2) is 0 Å². The number of carbonyl (C=O) groups excluding carboxylic acids is 5. The van der Waals surface area contributed by atoms with Gasteiger partial charge in [0, 0.05) is 19.4 Å². The highest BCUT2D eigenvalue weighted by molar-refractivity contribution is 5.92. The van der Waals surface area contributed by atoms with E-state index in [0.29, 0.717) is 38.6 Å². The fourth-order valence-electron chi connectivity index (χ4n) is 4.86. The van der Waals surface area contributed by atoms with Crippen molar-refractivity contribution >= 4 is 35.5 Å². The lowest BCUT2D eigenvalue weighted by Gasteiger charge is -2.30. The van der Waals surface area contributed by atoms with E-state index in [1.165, 1.54) is 0 Å². The van der Waals surface area contributed by atoms with Gasteiger partial charge in [0.05, 0.1) is 18.6 Å². The van der Waals surface area contributed by atoms with Crippen LogP contribution in [0.15, 0.2) is 0 Å². The molecule has 0 heterocycles. The summed E-state index contributed by atoms with van der Waals surface area (Å²) in [6.45, 7) is 15.4. The Balaban J connectivity index is 5.67. The Bertz CT molecular complexity index is 958. The number of carboxylic acids is 1. The van der Waals surface area contributed by atoms with E-state index in [2.05, 4.69) is 26.6 Å². The second-order valence-corrected chi connectivity index (χ2v) is 12.7. The molecule has 0 aliphatic rings. The van der Waals surface area contributed by atoms with Gasteiger partial charge < -0.3 is 36.8 Å². The van der Waals surface area contributed by atoms with Gasteiger partial charge in [-0.05, 0) is 50.4 Å². The largest absolute Gasteiger partial charge is 0.481 e. The third-order valence-electron chi connectivity index (χ3n) is 7.44. The van der Waals surface area contributed by atoms with Gasteiger partial charge in [0.25, 0.3) is 0 Å². The van der Waals surface area contributed by atoms with Crippen LogP contribution < -0.4 is 26.6 Å². The predicted molar refractivity (Wildman–Crippen MR) is 172 cm³/mol. The van der Waals surface area contributed by atoms with E-state index < -0.39 is 59.9 Å². The Morgan fingerprint density at radius 1 is 0.689 bits per heavy atom. The number of likely N-dealkylation sites (N-methyl/N-ethyl adjacent to an activating group) is 1. The number of rotatable bonds is 23. The first-order chi connectivity index (χ1) is 21.1. The standard InChI is InChI=1S/C32H59N5O8/c1-9-13-22(35-32(45)29(21(8)10-2)37-26(39)14-12-15-28(41)42)31(44)36-23(16-19(4)5)25(38)18-27(40)34-24(17-20(6)7)30(43)33-11-3/h19-25,29,38H,9-18H2,1-8H3,(H,33,43)(H,34,40)(H,35,45)(H,36,44)(H,37,39)(H,41,42)/t21-,22-,23-,24-,25-,29-/m0/s1. The van der Waals surface area contributed by atoms with Crippen LogP contribution in [0, 0.1) is 17.8 Å². The molecule has 13 heteroatoms. The minimum absolute atomic E-state index is 0.0464. The molecule has 260 valence electrons. The number of aliphatic carboxylic acids is 1. The molecule has 0 aliphatic heterocycles. The number of hydrogen-bond donors (Lipinski definition) is 7. The average molecular weight is 642 g/mol. The maximum absolute atomic E-state index is 13.5. The summed E-state index contributed by atoms with van der Waals surface area (Å²) in [6, 6.07) is -3.43. The molecule has 0 aromatic carbocycles. The number of hydrogen-bond acceptors (Lipinski definition) is 7. The molecule has 0 bridgehead atoms. The van der Waals surface area contributed by atoms with Crippen molar-refractivity contribution in [3.8, 4) is 0 Å². The van der Waals surface area contributed by atoms with Gasteiger partial charge in [-0.3, -0.25) is 28.8 Å². The molecule has 0 aromatic heterocycles. The molecule has 0 fully saturated rings. The van der Waals surface area contributed by atoms with Crippen molar-refractivity contribution in [2.45, 2.75) is 143 Å². The second-order valence-electron chi connectivity index (χ2n) is 12.7. The third kappa shape index (κ3) is 17.8. The number of nitrogens with one attached hydrogen (secondary N) is 5. The summed E-state index contributed by atoms with van der Waals surface area (Å²) in [5.74, 6) is -3.39. The molecule has 0 unspecified atom stereocenters. The summed E-state index contributed by atoms with van der Waals surface area (Å²) in [6.07, 6.45) is 0.566. The van der Waals surface area contributed by atoms with Crippen molar-refractivity contribution in [2.75, 3.05) is 6.54 Å². The maximum Gasteiger partial charge on any atom is 0.303 e. The smallest absolute Gasteiger partial charge is 0.303 e. The van der Waals surface area contributed by atoms with E-state index >= 15 is 0 Å². The Morgan fingerprint density at radius 3 is 1.82 bits per heavy atom. The van der Waals surface area contributed by atoms with Gasteiger partial charge in [0.1, 0.15) is 18.1 Å². The van der Waals surface area contributed by atoms with Gasteiger partial charge in [-0.2, -0.15) is 0 Å². The summed E-state index contributed by atoms with van der Waals surface area (Å²) in [4.78, 5) is 75.4. The van der Waals surface area contributed by atoms with Crippen LogP contribution in [0.5, 0.6) is 0 Å². The van der Waals surface area contributed by atoms with Crippen LogP contribution in [-0.2, 0) is 28.8 Å². The molecule has 0 aromatic rings. The van der Waals surface area contributed by atoms with Crippen LogP contribution in [0.25, 0.3) is 0 Å². The second kappa shape index (κ2) is 22.3. The summed E-state index contributed by atoms with van der Waals surface area (Å²) < 4.78 is 0. The van der Waals surface area contributed by atoms with Crippen LogP contribution in [0.2, 0.25) is 0 Å². The molecule has 0 aliphatic carbocycles. The van der Waals surface area contributed by atoms with Crippen molar-refractivity contribution in [3.05, 3.63) is 0 Å². The van der Waals surface area contributed by atoms with Crippen molar-refractivity contribution < 1.29 is 39.0 Å². The van der Waals surface area contributed by atoms with Crippen LogP contribution >= 0.6 is 0 Å². The van der Waals surface area contributed by atoms with E-state index in [-0.39, 0.29) is 49.3 Å². The highest BCUT2D eigenvalue weighted by Crippen LogP contribution is 2.14. The zero-order valence-corrected chi connectivity index (χ0v) is 28.5. The first-order valence-electron chi connectivity index (χ1n) is 16.4. The molecule has 0 rings (SSSR count). The lowest BCUT2D eigenvalue weighted by molar-refractivity contribution is -0.137. The molecule has 13 nitrogen and oxygen atoms in total. The third-order valence-corrected chi connectivity index (χ3v) is 7.44. The number of aliphatic hydroxyl groups is 1. The van der Waals surface area contributed by atoms with E-state index in [9.17, 15) is 33.9 Å². The minimum atomic E-state index is -1.25. The predicted octanol–water partition coefficient (Wildman–Crippen LogP) is 2.01. The lowest BCUT2D eigenvalue weighted by atomic mass is 9.95. The molecule has 45 heavy (non-hydrogen) atoms. The summed E-state index contributed by atoms with van der Waals surface area (Å²) in [5, 5.41) is 33.6. The van der Waals surface area contributed by atoms with E-state index in [1.807, 2.05) is 41.5 Å². The van der Waals surface area contributed by atoms with Crippen LogP contribution in [0.3, 0.4) is 0 Å². The average Bonchev–Trinajstić information content (AvgIpc) is 2.93. The highest BCUT2D eigenvalue weighted by atomic mass is 16.4. The zero-order valence-electron chi connectivity index (χ0n) is 28.5. The van der Waals surface area contributed by atoms with Crippen molar-refractivity contribution in [2.24, 2.45) is 17.8 Å². The number of aliphatic hydroxyl groups excluding tert-OH is 1. The van der Waals surface area contributed by atoms with Crippen molar-refractivity contribution in [1.29, 1.82) is 0 Å². The molecule has 0 saturated carbocycles. The normalized spacial score (nSPS) is 15.3. The SMILES string of the molecule is CCC[C@H](NC(=O)[C@@H](NC(=O)CCCC(=O)O)[C@@H](C)CC)C(=O)N[C@@H](CC(C)C)[C@@H](O)CC(=O)N[C@@H](CC(C)C)C(=O)NCC. The molecule has 0 saturated heterocycles. The van der Waals surface area contributed by atoms with E-state index in [4.69, 9.17) is 5.11 Å².